The van der Waals surface area contributed by atoms with Crippen LogP contribution in [0.3, 0.4) is 0 Å². The fourth-order valence-corrected chi connectivity index (χ4v) is 1.98. The molecule has 0 radical (unpaired) electrons. The van der Waals surface area contributed by atoms with E-state index < -0.39 is 15.7 Å². The molecule has 10 nitrogen and oxygen atoms in total. The first-order valence-electron chi connectivity index (χ1n) is 8.03. The molecular weight excluding hydrogens is 383 g/mol. The molecule has 0 saturated heterocycles. The van der Waals surface area contributed by atoms with Gasteiger partial charge in [0.15, 0.2) is 0 Å². The third-order valence-corrected chi connectivity index (χ3v) is 3.27. The summed E-state index contributed by atoms with van der Waals surface area (Å²) in [7, 11) is 0. The molecule has 0 spiro atoms. The Labute approximate surface area is 163 Å². The van der Waals surface area contributed by atoms with E-state index in [0.29, 0.717) is 0 Å². The van der Waals surface area contributed by atoms with E-state index in [1.165, 1.54) is 24.3 Å². The molecular formula is C18H15FN6O4. The second-order valence-corrected chi connectivity index (χ2v) is 5.24. The number of hydrogen-bond donors (Lipinski definition) is 1. The molecule has 2 aromatic carbocycles. The molecule has 2 heterocycles. The van der Waals surface area contributed by atoms with Gasteiger partial charge in [0.25, 0.3) is 11.4 Å². The van der Waals surface area contributed by atoms with Crippen LogP contribution in [0.15, 0.2) is 86.0 Å². The fraction of sp³-hybridized carbons (Fsp3) is 0. The molecule has 4 aromatic rings. The van der Waals surface area contributed by atoms with Crippen molar-refractivity contribution in [2.24, 2.45) is 0 Å². The van der Waals surface area contributed by atoms with Crippen molar-refractivity contribution in [2.45, 2.75) is 0 Å². The second kappa shape index (κ2) is 10.7. The van der Waals surface area contributed by atoms with Crippen LogP contribution < -0.4 is 0 Å². The van der Waals surface area contributed by atoms with Crippen molar-refractivity contribution in [1.29, 1.82) is 0 Å². The van der Waals surface area contributed by atoms with Crippen LogP contribution in [-0.2, 0) is 0 Å². The van der Waals surface area contributed by atoms with Gasteiger partial charge in [-0.1, -0.05) is 12.1 Å². The van der Waals surface area contributed by atoms with Gasteiger partial charge in [-0.15, -0.1) is 0 Å². The number of nitro benzene ring substituents is 2. The molecule has 2 aromatic heterocycles. The zero-order chi connectivity index (χ0) is 21.1. The molecule has 29 heavy (non-hydrogen) atoms. The van der Waals surface area contributed by atoms with Gasteiger partial charge in [0.2, 0.25) is 0 Å². The minimum Gasteiger partial charge on any atom is -0.351 e. The van der Waals surface area contributed by atoms with Gasteiger partial charge in [0.05, 0.1) is 34.3 Å². The first kappa shape index (κ1) is 20.9. The van der Waals surface area contributed by atoms with Crippen LogP contribution in [0.2, 0.25) is 0 Å². The quantitative estimate of drug-likeness (QED) is 0.411. The van der Waals surface area contributed by atoms with Crippen LogP contribution in [0, 0.1) is 26.0 Å². The molecule has 0 aliphatic carbocycles. The number of halogens is 1. The number of non-ortho nitro benzene ring substituents is 2. The maximum absolute atomic E-state index is 12.2. The Morgan fingerprint density at radius 2 is 1.62 bits per heavy atom. The molecule has 4 rings (SSSR count). The van der Waals surface area contributed by atoms with Gasteiger partial charge in [-0.25, -0.2) is 14.4 Å². The second-order valence-electron chi connectivity index (χ2n) is 5.24. The molecule has 0 aliphatic heterocycles. The molecule has 0 amide bonds. The normalized spacial score (nSPS) is 9.41. The minimum absolute atomic E-state index is 0.0798. The summed E-state index contributed by atoms with van der Waals surface area (Å²) in [5.74, 6) is -0.589. The highest BCUT2D eigenvalue weighted by molar-refractivity contribution is 5.42. The van der Waals surface area contributed by atoms with Crippen LogP contribution in [0.1, 0.15) is 0 Å². The highest BCUT2D eigenvalue weighted by Gasteiger charge is 2.06. The van der Waals surface area contributed by atoms with Crippen molar-refractivity contribution in [3.63, 3.8) is 0 Å². The predicted octanol–water partition coefficient (Wildman–Crippen LogP) is 3.92. The first-order valence-corrected chi connectivity index (χ1v) is 8.03. The summed E-state index contributed by atoms with van der Waals surface area (Å²) in [6.07, 6.45) is 10.0. The van der Waals surface area contributed by atoms with E-state index in [0.717, 1.165) is 17.8 Å². The number of hydrogen-bond acceptors (Lipinski definition) is 6. The van der Waals surface area contributed by atoms with Gasteiger partial charge in [-0.05, 0) is 12.1 Å². The lowest BCUT2D eigenvalue weighted by atomic mass is 10.3. The molecule has 11 heteroatoms. The lowest BCUT2D eigenvalue weighted by Crippen LogP contribution is -1.92. The topological polar surface area (TPSA) is 133 Å². The number of nitrogens with one attached hydrogen (secondary N) is 1. The average Bonchev–Trinajstić information content (AvgIpc) is 3.45. The lowest BCUT2D eigenvalue weighted by Gasteiger charge is -2.00. The molecule has 1 N–H and O–H groups in total. The summed E-state index contributed by atoms with van der Waals surface area (Å²) < 4.78 is 13.9. The molecule has 0 saturated carbocycles. The highest BCUT2D eigenvalue weighted by atomic mass is 19.1. The molecule has 0 aliphatic rings. The van der Waals surface area contributed by atoms with Gasteiger partial charge in [0.1, 0.15) is 5.82 Å². The maximum atomic E-state index is 12.2. The largest absolute Gasteiger partial charge is 0.351 e. The van der Waals surface area contributed by atoms with E-state index in [1.54, 1.807) is 54.1 Å². The number of rotatable bonds is 3. The Morgan fingerprint density at radius 3 is 2.07 bits per heavy atom. The Kier molecular flexibility index (Phi) is 7.69. The number of aromatic amines is 1. The summed E-state index contributed by atoms with van der Waals surface area (Å²) in [6, 6.07) is 11.0. The fourth-order valence-electron chi connectivity index (χ4n) is 1.98. The van der Waals surface area contributed by atoms with Crippen molar-refractivity contribution in [1.82, 2.24) is 19.5 Å². The summed E-state index contributed by atoms with van der Waals surface area (Å²) >= 11 is 0. The molecule has 0 atom stereocenters. The van der Waals surface area contributed by atoms with E-state index >= 15 is 0 Å². The zero-order valence-corrected chi connectivity index (χ0v) is 14.8. The Hall–Kier alpha value is -4.41. The SMILES string of the molecule is O=[N+]([O-])c1cccc(-n2ccnc2)c1.O=[N+]([O-])c1cccc(F)c1.c1c[nH]cn1. The minimum atomic E-state index is -0.636. The van der Waals surface area contributed by atoms with Crippen molar-refractivity contribution < 1.29 is 14.2 Å². The van der Waals surface area contributed by atoms with Gasteiger partial charge < -0.3 is 9.55 Å². The molecule has 0 fully saturated rings. The molecule has 0 bridgehead atoms. The van der Waals surface area contributed by atoms with Crippen molar-refractivity contribution in [2.75, 3.05) is 0 Å². The third-order valence-electron chi connectivity index (χ3n) is 3.27. The van der Waals surface area contributed by atoms with Crippen LogP contribution >= 0.6 is 0 Å². The number of nitrogens with zero attached hydrogens (tertiary/aromatic N) is 5. The standard InChI is InChI=1S/C9H7N3O2.C6H4FNO2.C3H4N2/c13-12(14)9-3-1-2-8(6-9)11-5-4-10-7-11;7-5-2-1-3-6(4-5)8(9)10;1-2-5-3-4-1/h1-7H;1-4H;1-3H,(H,4,5). The van der Waals surface area contributed by atoms with E-state index in [4.69, 9.17) is 0 Å². The third kappa shape index (κ3) is 7.02. The number of nitro groups is 2. The van der Waals surface area contributed by atoms with Crippen molar-refractivity contribution >= 4 is 11.4 Å². The van der Waals surface area contributed by atoms with Gasteiger partial charge in [-0.3, -0.25) is 20.2 Å². The monoisotopic (exact) mass is 398 g/mol. The Morgan fingerprint density at radius 1 is 0.931 bits per heavy atom. The smallest absolute Gasteiger partial charge is 0.272 e. The number of benzene rings is 2. The van der Waals surface area contributed by atoms with E-state index in [1.807, 2.05) is 0 Å². The van der Waals surface area contributed by atoms with E-state index in [9.17, 15) is 24.6 Å². The first-order chi connectivity index (χ1) is 14.0. The van der Waals surface area contributed by atoms with Crippen LogP contribution in [0.25, 0.3) is 5.69 Å². The maximum Gasteiger partial charge on any atom is 0.272 e. The zero-order valence-electron chi connectivity index (χ0n) is 14.8. The summed E-state index contributed by atoms with van der Waals surface area (Å²) in [5, 5.41) is 20.5. The number of imidazole rings is 2. The van der Waals surface area contributed by atoms with Gasteiger partial charge in [0, 0.05) is 43.0 Å². The summed E-state index contributed by atoms with van der Waals surface area (Å²) in [5.41, 5.74) is 0.591. The Balaban J connectivity index is 0.000000173. The lowest BCUT2D eigenvalue weighted by molar-refractivity contribution is -0.385. The average molecular weight is 398 g/mol. The highest BCUT2D eigenvalue weighted by Crippen LogP contribution is 2.16. The van der Waals surface area contributed by atoms with Gasteiger partial charge >= 0.3 is 0 Å². The molecule has 0 unspecified atom stereocenters. The van der Waals surface area contributed by atoms with E-state index in [-0.39, 0.29) is 11.4 Å². The Bertz CT molecular complexity index is 1020. The van der Waals surface area contributed by atoms with Crippen molar-refractivity contribution in [3.05, 3.63) is 112 Å². The molecule has 148 valence electrons. The summed E-state index contributed by atoms with van der Waals surface area (Å²) in [4.78, 5) is 29.7. The van der Waals surface area contributed by atoms with Crippen LogP contribution in [-0.4, -0.2) is 29.4 Å². The summed E-state index contributed by atoms with van der Waals surface area (Å²) in [6.45, 7) is 0. The predicted molar refractivity (Wildman–Crippen MR) is 102 cm³/mol. The van der Waals surface area contributed by atoms with Gasteiger partial charge in [-0.2, -0.15) is 0 Å². The number of H-pyrrole nitrogens is 1. The van der Waals surface area contributed by atoms with Crippen LogP contribution in [0.4, 0.5) is 15.8 Å². The number of aromatic nitrogens is 4. The van der Waals surface area contributed by atoms with Crippen LogP contribution in [0.5, 0.6) is 0 Å². The van der Waals surface area contributed by atoms with Crippen molar-refractivity contribution in [3.8, 4) is 5.69 Å². The van der Waals surface area contributed by atoms with E-state index in [2.05, 4.69) is 15.0 Å².